The normalized spacial score (nSPS) is 26.6. The average molecular weight is 440 g/mol. The van der Waals surface area contributed by atoms with Gasteiger partial charge < -0.3 is 20.2 Å². The van der Waals surface area contributed by atoms with Crippen LogP contribution in [0.25, 0.3) is 5.65 Å². The minimum atomic E-state index is -0.591. The smallest absolute Gasteiger partial charge is 0.322 e. The summed E-state index contributed by atoms with van der Waals surface area (Å²) in [7, 11) is 0. The molecule has 1 aromatic carbocycles. The number of fused-ring (bicyclic) bond motifs is 2. The van der Waals surface area contributed by atoms with Gasteiger partial charge in [0.25, 0.3) is 0 Å². The topological polar surface area (TPSA) is 86.0 Å². The van der Waals surface area contributed by atoms with Crippen molar-refractivity contribution in [3.63, 3.8) is 0 Å². The fourth-order valence-corrected chi connectivity index (χ4v) is 5.31. The number of amides is 2. The molecule has 1 aliphatic carbocycles. The van der Waals surface area contributed by atoms with E-state index in [1.54, 1.807) is 15.6 Å². The summed E-state index contributed by atoms with van der Waals surface area (Å²) in [6, 6.07) is 5.10. The third kappa shape index (κ3) is 2.85. The van der Waals surface area contributed by atoms with Crippen molar-refractivity contribution in [3.8, 4) is 0 Å². The molecule has 0 radical (unpaired) electrons. The van der Waals surface area contributed by atoms with Gasteiger partial charge in [0.2, 0.25) is 0 Å². The largest absolute Gasteiger partial charge is 0.391 e. The Bertz CT molecular complexity index is 1230. The lowest BCUT2D eigenvalue weighted by Gasteiger charge is -2.30. The summed E-state index contributed by atoms with van der Waals surface area (Å²) < 4.78 is 30.2. The number of halogens is 2. The van der Waals surface area contributed by atoms with Crippen LogP contribution in [-0.4, -0.2) is 56.4 Å². The zero-order valence-electron chi connectivity index (χ0n) is 17.2. The van der Waals surface area contributed by atoms with E-state index in [1.165, 1.54) is 18.3 Å². The van der Waals surface area contributed by atoms with E-state index in [9.17, 15) is 18.7 Å². The number of nitrogens with zero attached hydrogens (tertiary/aromatic N) is 5. The lowest BCUT2D eigenvalue weighted by Crippen LogP contribution is -2.34. The molecule has 3 atom stereocenters. The van der Waals surface area contributed by atoms with E-state index in [-0.39, 0.29) is 11.9 Å². The quantitative estimate of drug-likeness (QED) is 0.654. The molecule has 2 N–H and O–H groups in total. The molecule has 3 aliphatic rings. The van der Waals surface area contributed by atoms with Crippen LogP contribution < -0.4 is 10.2 Å². The summed E-state index contributed by atoms with van der Waals surface area (Å²) in [5.41, 5.74) is 0.703. The number of carbonyl (C=O) groups is 1. The number of hydrogen-bond acceptors (Lipinski definition) is 5. The molecule has 166 valence electrons. The first-order valence-electron chi connectivity index (χ1n) is 10.8. The van der Waals surface area contributed by atoms with Gasteiger partial charge in [-0.3, -0.25) is 0 Å². The zero-order chi connectivity index (χ0) is 22.0. The Hall–Kier alpha value is -3.27. The molecule has 3 fully saturated rings. The van der Waals surface area contributed by atoms with Gasteiger partial charge in [0, 0.05) is 31.4 Å². The minimum absolute atomic E-state index is 0.252. The van der Waals surface area contributed by atoms with Crippen LogP contribution in [0.2, 0.25) is 0 Å². The number of β-amino-alcohol motifs (C(OH)–C–C–N with tert-alkyl or cyclic N) is 1. The minimum Gasteiger partial charge on any atom is -0.391 e. The lowest BCUT2D eigenvalue weighted by atomic mass is 10.0. The van der Waals surface area contributed by atoms with Gasteiger partial charge in [-0.1, -0.05) is 0 Å². The van der Waals surface area contributed by atoms with Crippen LogP contribution in [0.15, 0.2) is 36.7 Å². The number of rotatable bonds is 3. The number of aliphatic hydroxyl groups is 1. The number of urea groups is 1. The summed E-state index contributed by atoms with van der Waals surface area (Å²) in [4.78, 5) is 20.9. The SMILES string of the molecule is O=C(Nc1cnn2ccc(N3CC[C@@H]4C[C@@]43c3cc(F)ccc3F)nc12)N1CC[C@H](O)C1. The van der Waals surface area contributed by atoms with Crippen LogP contribution in [0.1, 0.15) is 24.8 Å². The van der Waals surface area contributed by atoms with Gasteiger partial charge in [-0.2, -0.15) is 5.10 Å². The molecule has 0 spiro atoms. The van der Waals surface area contributed by atoms with E-state index in [0.29, 0.717) is 48.8 Å². The molecule has 3 aromatic rings. The maximum atomic E-state index is 14.7. The van der Waals surface area contributed by atoms with E-state index in [4.69, 9.17) is 4.98 Å². The van der Waals surface area contributed by atoms with Crippen LogP contribution in [0.3, 0.4) is 0 Å². The molecule has 8 nitrogen and oxygen atoms in total. The first-order chi connectivity index (χ1) is 15.5. The Morgan fingerprint density at radius 2 is 2.09 bits per heavy atom. The van der Waals surface area contributed by atoms with Crippen LogP contribution in [0, 0.1) is 17.6 Å². The van der Waals surface area contributed by atoms with Crippen LogP contribution >= 0.6 is 0 Å². The van der Waals surface area contributed by atoms with Crippen LogP contribution in [0.5, 0.6) is 0 Å². The molecule has 2 aromatic heterocycles. The first-order valence-corrected chi connectivity index (χ1v) is 10.8. The number of aromatic nitrogens is 3. The number of carbonyl (C=O) groups excluding carboxylic acids is 1. The van der Waals surface area contributed by atoms with E-state index < -0.39 is 23.3 Å². The number of piperidine rings is 1. The van der Waals surface area contributed by atoms with Gasteiger partial charge in [0.05, 0.1) is 17.8 Å². The fraction of sp³-hybridized carbons (Fsp3) is 0.409. The van der Waals surface area contributed by atoms with Crippen molar-refractivity contribution >= 4 is 23.2 Å². The third-order valence-corrected chi connectivity index (χ3v) is 6.97. The van der Waals surface area contributed by atoms with Gasteiger partial charge in [-0.15, -0.1) is 0 Å². The lowest BCUT2D eigenvalue weighted by molar-refractivity contribution is 0.176. The van der Waals surface area contributed by atoms with Crippen molar-refractivity contribution in [2.24, 2.45) is 5.92 Å². The number of benzene rings is 1. The van der Waals surface area contributed by atoms with Crippen molar-refractivity contribution in [1.29, 1.82) is 0 Å². The highest BCUT2D eigenvalue weighted by Gasteiger charge is 2.64. The predicted molar refractivity (Wildman–Crippen MR) is 112 cm³/mol. The van der Waals surface area contributed by atoms with E-state index >= 15 is 0 Å². The highest BCUT2D eigenvalue weighted by atomic mass is 19.1. The van der Waals surface area contributed by atoms with Crippen LogP contribution in [0.4, 0.5) is 25.1 Å². The van der Waals surface area contributed by atoms with Gasteiger partial charge in [-0.05, 0) is 49.4 Å². The molecule has 10 heteroatoms. The molecule has 0 bridgehead atoms. The van der Waals surface area contributed by atoms with Crippen molar-refractivity contribution < 1.29 is 18.7 Å². The highest BCUT2D eigenvalue weighted by Crippen LogP contribution is 2.63. The highest BCUT2D eigenvalue weighted by molar-refractivity contribution is 5.93. The van der Waals surface area contributed by atoms with E-state index in [1.807, 2.05) is 11.0 Å². The fourth-order valence-electron chi connectivity index (χ4n) is 5.31. The molecule has 2 saturated heterocycles. The number of likely N-dealkylation sites (tertiary alicyclic amines) is 1. The maximum absolute atomic E-state index is 14.7. The van der Waals surface area contributed by atoms with Gasteiger partial charge in [0.1, 0.15) is 23.1 Å². The summed E-state index contributed by atoms with van der Waals surface area (Å²) in [5, 5.41) is 16.8. The second kappa shape index (κ2) is 6.86. The number of hydrogen-bond donors (Lipinski definition) is 2. The molecule has 32 heavy (non-hydrogen) atoms. The second-order valence-corrected chi connectivity index (χ2v) is 8.82. The molecule has 6 rings (SSSR count). The summed E-state index contributed by atoms with van der Waals surface area (Å²) in [6.07, 6.45) is 4.96. The van der Waals surface area contributed by atoms with E-state index in [2.05, 4.69) is 10.4 Å². The Morgan fingerprint density at radius 3 is 2.88 bits per heavy atom. The van der Waals surface area contributed by atoms with Crippen molar-refractivity contribution in [3.05, 3.63) is 53.9 Å². The predicted octanol–water partition coefficient (Wildman–Crippen LogP) is 2.73. The molecular formula is C22H22F2N6O2. The number of nitrogens with one attached hydrogen (secondary N) is 1. The average Bonchev–Trinajstić information content (AvgIpc) is 3.10. The molecular weight excluding hydrogens is 418 g/mol. The van der Waals surface area contributed by atoms with Crippen molar-refractivity contribution in [1.82, 2.24) is 19.5 Å². The van der Waals surface area contributed by atoms with Gasteiger partial charge >= 0.3 is 6.03 Å². The van der Waals surface area contributed by atoms with Crippen LogP contribution in [-0.2, 0) is 5.54 Å². The maximum Gasteiger partial charge on any atom is 0.322 e. The summed E-state index contributed by atoms with van der Waals surface area (Å²) in [6.45, 7) is 1.47. The summed E-state index contributed by atoms with van der Waals surface area (Å²) in [5.74, 6) is 0.0211. The standard InChI is InChI=1S/C22H22F2N6O2/c23-14-1-2-17(24)16(9-14)22-10-13(22)3-7-29(22)19-5-8-30-20(27-19)18(11-25-30)26-21(32)28-6-4-15(31)12-28/h1-2,5,8-9,11,13,15,31H,3-4,6-7,10,12H2,(H,26,32)/t13-,15+,22+/m1/s1. The molecule has 2 amide bonds. The van der Waals surface area contributed by atoms with Gasteiger partial charge in [0.15, 0.2) is 5.65 Å². The third-order valence-electron chi connectivity index (χ3n) is 6.97. The first kappa shape index (κ1) is 19.4. The Labute approximate surface area is 182 Å². The zero-order valence-corrected chi connectivity index (χ0v) is 17.2. The Balaban J connectivity index is 1.33. The van der Waals surface area contributed by atoms with Crippen molar-refractivity contribution in [2.75, 3.05) is 29.9 Å². The second-order valence-electron chi connectivity index (χ2n) is 8.82. The summed E-state index contributed by atoms with van der Waals surface area (Å²) >= 11 is 0. The Kier molecular flexibility index (Phi) is 4.16. The molecule has 0 unspecified atom stereocenters. The monoisotopic (exact) mass is 440 g/mol. The Morgan fingerprint density at radius 1 is 1.22 bits per heavy atom. The molecule has 4 heterocycles. The van der Waals surface area contributed by atoms with Gasteiger partial charge in [-0.25, -0.2) is 23.1 Å². The molecule has 1 saturated carbocycles. The van der Waals surface area contributed by atoms with E-state index in [0.717, 1.165) is 18.9 Å². The number of aliphatic hydroxyl groups excluding tert-OH is 1. The van der Waals surface area contributed by atoms with Crippen molar-refractivity contribution in [2.45, 2.75) is 30.9 Å². The number of anilines is 2. The molecule has 2 aliphatic heterocycles.